The topological polar surface area (TPSA) is 34.1 Å². The van der Waals surface area contributed by atoms with Gasteiger partial charge in [0, 0.05) is 12.4 Å². The van der Waals surface area contributed by atoms with Crippen LogP contribution in [0.15, 0.2) is 54.4 Å². The fourth-order valence-electron chi connectivity index (χ4n) is 2.98. The zero-order chi connectivity index (χ0) is 16.1. The second-order valence-electron chi connectivity index (χ2n) is 6.23. The third-order valence-electron chi connectivity index (χ3n) is 3.98. The maximum Gasteiger partial charge on any atom is 0.119 e. The average Bonchev–Trinajstić information content (AvgIpc) is 2.57. The summed E-state index contributed by atoms with van der Waals surface area (Å²) in [6.07, 6.45) is 8.58. The summed E-state index contributed by atoms with van der Waals surface area (Å²) in [5.74, 6) is 0.924. The molecule has 1 unspecified atom stereocenters. The normalized spacial score (nSPS) is 20.0. The van der Waals surface area contributed by atoms with Crippen LogP contribution < -0.4 is 10.1 Å². The molecule has 1 aliphatic heterocycles. The zero-order valence-electron chi connectivity index (χ0n) is 13.8. The van der Waals surface area contributed by atoms with Gasteiger partial charge in [0.25, 0.3) is 0 Å². The second kappa shape index (κ2) is 7.42. The van der Waals surface area contributed by atoms with Gasteiger partial charge < -0.3 is 10.1 Å². The van der Waals surface area contributed by atoms with Crippen molar-refractivity contribution >= 4 is 6.08 Å². The highest BCUT2D eigenvalue weighted by Crippen LogP contribution is 2.30. The van der Waals surface area contributed by atoms with Crippen LogP contribution in [-0.2, 0) is 0 Å². The van der Waals surface area contributed by atoms with E-state index >= 15 is 0 Å². The molecule has 2 heterocycles. The lowest BCUT2D eigenvalue weighted by Gasteiger charge is -2.27. The molecule has 0 spiro atoms. The summed E-state index contributed by atoms with van der Waals surface area (Å²) in [5, 5.41) is 3.61. The van der Waals surface area contributed by atoms with Crippen LogP contribution in [0, 0.1) is 0 Å². The SMILES string of the molecule is CC(C)Oc1ccc(/C=C2/CCCNC2c2cccnc2)cc1. The number of nitrogens with zero attached hydrogens (tertiary/aromatic N) is 1. The van der Waals surface area contributed by atoms with Gasteiger partial charge in [0.05, 0.1) is 12.1 Å². The monoisotopic (exact) mass is 308 g/mol. The number of hydrogen-bond donors (Lipinski definition) is 1. The van der Waals surface area contributed by atoms with Crippen molar-refractivity contribution in [2.75, 3.05) is 6.54 Å². The van der Waals surface area contributed by atoms with Gasteiger partial charge in [0.1, 0.15) is 5.75 Å². The highest BCUT2D eigenvalue weighted by atomic mass is 16.5. The molecule has 1 aliphatic rings. The number of benzene rings is 1. The molecule has 1 atom stereocenters. The number of piperidine rings is 1. The number of pyridine rings is 1. The molecular formula is C20H24N2O. The fourth-order valence-corrected chi connectivity index (χ4v) is 2.98. The van der Waals surface area contributed by atoms with Crippen LogP contribution in [0.4, 0.5) is 0 Å². The van der Waals surface area contributed by atoms with Crippen LogP contribution in [0.2, 0.25) is 0 Å². The van der Waals surface area contributed by atoms with E-state index in [0.29, 0.717) is 0 Å². The summed E-state index contributed by atoms with van der Waals surface area (Å²) < 4.78 is 5.71. The first-order valence-corrected chi connectivity index (χ1v) is 8.33. The first-order valence-electron chi connectivity index (χ1n) is 8.33. The lowest BCUT2D eigenvalue weighted by Crippen LogP contribution is -2.28. The van der Waals surface area contributed by atoms with Crippen LogP contribution in [0.25, 0.3) is 6.08 Å². The minimum Gasteiger partial charge on any atom is -0.491 e. The highest BCUT2D eigenvalue weighted by molar-refractivity contribution is 5.56. The summed E-state index contributed by atoms with van der Waals surface area (Å²) in [6.45, 7) is 5.14. The van der Waals surface area contributed by atoms with E-state index in [0.717, 1.165) is 18.7 Å². The van der Waals surface area contributed by atoms with Crippen molar-refractivity contribution in [2.45, 2.75) is 38.8 Å². The average molecular weight is 308 g/mol. The fraction of sp³-hybridized carbons (Fsp3) is 0.350. The predicted octanol–water partition coefficient (Wildman–Crippen LogP) is 4.38. The third-order valence-corrected chi connectivity index (χ3v) is 3.98. The molecule has 23 heavy (non-hydrogen) atoms. The van der Waals surface area contributed by atoms with E-state index in [9.17, 15) is 0 Å². The van der Waals surface area contributed by atoms with Crippen molar-refractivity contribution in [2.24, 2.45) is 0 Å². The van der Waals surface area contributed by atoms with Crippen LogP contribution in [0.5, 0.6) is 5.75 Å². The highest BCUT2D eigenvalue weighted by Gasteiger charge is 2.19. The molecule has 1 fully saturated rings. The Morgan fingerprint density at radius 3 is 2.74 bits per heavy atom. The van der Waals surface area contributed by atoms with Gasteiger partial charge in [-0.15, -0.1) is 0 Å². The predicted molar refractivity (Wildman–Crippen MR) is 94.4 cm³/mol. The molecule has 1 aromatic carbocycles. The van der Waals surface area contributed by atoms with Crippen molar-refractivity contribution in [3.63, 3.8) is 0 Å². The first kappa shape index (κ1) is 15.8. The molecule has 0 radical (unpaired) electrons. The van der Waals surface area contributed by atoms with E-state index in [1.54, 1.807) is 0 Å². The summed E-state index contributed by atoms with van der Waals surface area (Å²) in [4.78, 5) is 4.26. The largest absolute Gasteiger partial charge is 0.491 e. The van der Waals surface area contributed by atoms with E-state index in [2.05, 4.69) is 34.6 Å². The molecule has 0 aliphatic carbocycles. The number of aromatic nitrogens is 1. The number of rotatable bonds is 4. The number of ether oxygens (including phenoxy) is 1. The maximum absolute atomic E-state index is 5.71. The Labute approximate surface area is 138 Å². The summed E-state index contributed by atoms with van der Waals surface area (Å²) >= 11 is 0. The van der Waals surface area contributed by atoms with Gasteiger partial charge in [-0.05, 0) is 68.1 Å². The van der Waals surface area contributed by atoms with Gasteiger partial charge in [-0.25, -0.2) is 0 Å². The third kappa shape index (κ3) is 4.20. The lowest BCUT2D eigenvalue weighted by molar-refractivity contribution is 0.242. The van der Waals surface area contributed by atoms with Crippen molar-refractivity contribution in [3.8, 4) is 5.75 Å². The van der Waals surface area contributed by atoms with E-state index in [1.165, 1.54) is 23.1 Å². The Morgan fingerprint density at radius 2 is 2.04 bits per heavy atom. The Hall–Kier alpha value is -2.13. The molecule has 3 rings (SSSR count). The van der Waals surface area contributed by atoms with E-state index in [4.69, 9.17) is 4.74 Å². The van der Waals surface area contributed by atoms with Gasteiger partial charge in [-0.3, -0.25) is 4.98 Å². The Morgan fingerprint density at radius 1 is 1.22 bits per heavy atom. The van der Waals surface area contributed by atoms with Crippen LogP contribution in [0.3, 0.4) is 0 Å². The number of nitrogens with one attached hydrogen (secondary N) is 1. The van der Waals surface area contributed by atoms with Gasteiger partial charge in [-0.2, -0.15) is 0 Å². The van der Waals surface area contributed by atoms with Gasteiger partial charge in [-0.1, -0.05) is 24.3 Å². The molecule has 1 saturated heterocycles. The van der Waals surface area contributed by atoms with Crippen LogP contribution in [-0.4, -0.2) is 17.6 Å². The van der Waals surface area contributed by atoms with Gasteiger partial charge in [0.15, 0.2) is 0 Å². The molecular weight excluding hydrogens is 284 g/mol. The number of hydrogen-bond acceptors (Lipinski definition) is 3. The molecule has 1 aromatic heterocycles. The van der Waals surface area contributed by atoms with E-state index < -0.39 is 0 Å². The molecule has 2 aromatic rings. The molecule has 3 nitrogen and oxygen atoms in total. The minimum absolute atomic E-state index is 0.205. The van der Waals surface area contributed by atoms with E-state index in [-0.39, 0.29) is 12.1 Å². The summed E-state index contributed by atoms with van der Waals surface area (Å²) in [7, 11) is 0. The van der Waals surface area contributed by atoms with Crippen molar-refractivity contribution in [3.05, 3.63) is 65.5 Å². The Balaban J connectivity index is 1.81. The molecule has 0 amide bonds. The molecule has 120 valence electrons. The Bertz CT molecular complexity index is 647. The first-order chi connectivity index (χ1) is 11.2. The van der Waals surface area contributed by atoms with Crippen LogP contribution in [0.1, 0.15) is 43.9 Å². The van der Waals surface area contributed by atoms with Gasteiger partial charge >= 0.3 is 0 Å². The van der Waals surface area contributed by atoms with Crippen molar-refractivity contribution < 1.29 is 4.74 Å². The minimum atomic E-state index is 0.205. The second-order valence-corrected chi connectivity index (χ2v) is 6.23. The summed E-state index contributed by atoms with van der Waals surface area (Å²) in [6, 6.07) is 12.7. The zero-order valence-corrected chi connectivity index (χ0v) is 13.8. The lowest BCUT2D eigenvalue weighted by atomic mass is 9.91. The van der Waals surface area contributed by atoms with Crippen molar-refractivity contribution in [1.29, 1.82) is 0 Å². The molecule has 0 bridgehead atoms. The van der Waals surface area contributed by atoms with Crippen molar-refractivity contribution in [1.82, 2.24) is 10.3 Å². The summed E-state index contributed by atoms with van der Waals surface area (Å²) in [5.41, 5.74) is 3.87. The van der Waals surface area contributed by atoms with Crippen LogP contribution >= 0.6 is 0 Å². The molecule has 1 N–H and O–H groups in total. The smallest absolute Gasteiger partial charge is 0.119 e. The quantitative estimate of drug-likeness (QED) is 0.910. The maximum atomic E-state index is 5.71. The molecule has 3 heteroatoms. The standard InChI is InChI=1S/C20H24N2O/c1-15(2)23-19-9-7-16(8-10-19)13-17-5-4-12-22-20(17)18-6-3-11-21-14-18/h3,6-11,13-15,20,22H,4-5,12H2,1-2H3/b17-13-. The van der Waals surface area contributed by atoms with E-state index in [1.807, 2.05) is 44.4 Å². The molecule has 0 saturated carbocycles. The van der Waals surface area contributed by atoms with Gasteiger partial charge in [0.2, 0.25) is 0 Å². The Kier molecular flexibility index (Phi) is 5.09.